The summed E-state index contributed by atoms with van der Waals surface area (Å²) in [4.78, 5) is 25.3. The first-order valence-electron chi connectivity index (χ1n) is 7.50. The molecule has 1 N–H and O–H groups in total. The lowest BCUT2D eigenvalue weighted by molar-refractivity contribution is -0.142. The number of carbonyl (C=O) groups is 2. The Morgan fingerprint density at radius 1 is 1.43 bits per heavy atom. The van der Waals surface area contributed by atoms with Crippen LogP contribution in [0.4, 0.5) is 0 Å². The van der Waals surface area contributed by atoms with Crippen LogP contribution < -0.4 is 0 Å². The Morgan fingerprint density at radius 3 is 2.71 bits per heavy atom. The van der Waals surface area contributed by atoms with Gasteiger partial charge in [-0.15, -0.1) is 0 Å². The van der Waals surface area contributed by atoms with E-state index < -0.39 is 11.9 Å². The predicted octanol–water partition coefficient (Wildman–Crippen LogP) is 1.78. The van der Waals surface area contributed by atoms with Crippen LogP contribution in [0.5, 0.6) is 0 Å². The maximum absolute atomic E-state index is 12.5. The SMILES string of the molecule is CCCCn1cc(C(=O)N2C[C@@H](C)[C@H](C(=O)O)C2)c(C)n1. The Kier molecular flexibility index (Phi) is 4.65. The summed E-state index contributed by atoms with van der Waals surface area (Å²) in [6.07, 6.45) is 3.88. The third kappa shape index (κ3) is 3.25. The largest absolute Gasteiger partial charge is 0.481 e. The van der Waals surface area contributed by atoms with E-state index in [2.05, 4.69) is 12.0 Å². The van der Waals surface area contributed by atoms with E-state index >= 15 is 0 Å². The third-order valence-electron chi connectivity index (χ3n) is 4.13. The molecule has 0 unspecified atom stereocenters. The van der Waals surface area contributed by atoms with E-state index in [1.165, 1.54) is 0 Å². The van der Waals surface area contributed by atoms with Crippen LogP contribution >= 0.6 is 0 Å². The number of hydrogen-bond donors (Lipinski definition) is 1. The lowest BCUT2D eigenvalue weighted by atomic mass is 9.99. The third-order valence-corrected chi connectivity index (χ3v) is 4.13. The Bertz CT molecular complexity index is 538. The first kappa shape index (κ1) is 15.5. The average molecular weight is 293 g/mol. The van der Waals surface area contributed by atoms with Crippen molar-refractivity contribution < 1.29 is 14.7 Å². The Balaban J connectivity index is 2.10. The first-order valence-corrected chi connectivity index (χ1v) is 7.50. The topological polar surface area (TPSA) is 75.4 Å². The van der Waals surface area contributed by atoms with Crippen molar-refractivity contribution in [3.8, 4) is 0 Å². The molecule has 6 heteroatoms. The van der Waals surface area contributed by atoms with Crippen LogP contribution in [0.1, 0.15) is 42.7 Å². The Labute approximate surface area is 124 Å². The summed E-state index contributed by atoms with van der Waals surface area (Å²) in [6, 6.07) is 0. The van der Waals surface area contributed by atoms with E-state index in [-0.39, 0.29) is 18.4 Å². The number of aryl methyl sites for hydroxylation is 2. The van der Waals surface area contributed by atoms with Gasteiger partial charge in [0.1, 0.15) is 0 Å². The van der Waals surface area contributed by atoms with Crippen LogP contribution in [0, 0.1) is 18.8 Å². The van der Waals surface area contributed by atoms with Gasteiger partial charge in [0.05, 0.1) is 17.2 Å². The van der Waals surface area contributed by atoms with Gasteiger partial charge >= 0.3 is 5.97 Å². The normalized spacial score (nSPS) is 21.8. The number of unbranched alkanes of at least 4 members (excludes halogenated alkanes) is 1. The van der Waals surface area contributed by atoms with E-state index in [9.17, 15) is 9.59 Å². The number of rotatable bonds is 5. The molecule has 1 fully saturated rings. The van der Waals surface area contributed by atoms with E-state index in [0.29, 0.717) is 17.8 Å². The fourth-order valence-corrected chi connectivity index (χ4v) is 2.79. The average Bonchev–Trinajstić information content (AvgIpc) is 2.99. The van der Waals surface area contributed by atoms with Crippen molar-refractivity contribution in [3.05, 3.63) is 17.5 Å². The smallest absolute Gasteiger partial charge is 0.308 e. The van der Waals surface area contributed by atoms with Crippen LogP contribution in [0.2, 0.25) is 0 Å². The molecule has 0 aliphatic carbocycles. The van der Waals surface area contributed by atoms with Gasteiger partial charge in [-0.05, 0) is 19.3 Å². The molecule has 0 radical (unpaired) electrons. The number of likely N-dealkylation sites (tertiary alicyclic amines) is 1. The fraction of sp³-hybridized carbons (Fsp3) is 0.667. The van der Waals surface area contributed by atoms with E-state index in [1.54, 1.807) is 15.8 Å². The van der Waals surface area contributed by atoms with Gasteiger partial charge in [0.15, 0.2) is 0 Å². The van der Waals surface area contributed by atoms with Crippen LogP contribution in [0.3, 0.4) is 0 Å². The van der Waals surface area contributed by atoms with Gasteiger partial charge in [-0.1, -0.05) is 20.3 Å². The highest BCUT2D eigenvalue weighted by atomic mass is 16.4. The van der Waals surface area contributed by atoms with Crippen molar-refractivity contribution in [3.63, 3.8) is 0 Å². The highest BCUT2D eigenvalue weighted by Crippen LogP contribution is 2.25. The highest BCUT2D eigenvalue weighted by molar-refractivity contribution is 5.95. The molecule has 1 aliphatic rings. The molecule has 1 aromatic heterocycles. The Hall–Kier alpha value is -1.85. The summed E-state index contributed by atoms with van der Waals surface area (Å²) in [7, 11) is 0. The van der Waals surface area contributed by atoms with Crippen molar-refractivity contribution in [2.45, 2.75) is 40.2 Å². The maximum Gasteiger partial charge on any atom is 0.308 e. The molecule has 2 atom stereocenters. The standard InChI is InChI=1S/C15H23N3O3/c1-4-5-6-18-9-13(11(3)16-18)14(19)17-7-10(2)12(8-17)15(20)21/h9-10,12H,4-8H2,1-3H3,(H,20,21)/t10-,12-/m1/s1. The minimum Gasteiger partial charge on any atom is -0.481 e. The van der Waals surface area contributed by atoms with Crippen LogP contribution in [-0.4, -0.2) is 44.8 Å². The summed E-state index contributed by atoms with van der Waals surface area (Å²) in [5.41, 5.74) is 1.30. The molecule has 1 aliphatic heterocycles. The number of hydrogen-bond acceptors (Lipinski definition) is 3. The van der Waals surface area contributed by atoms with E-state index in [1.807, 2.05) is 13.8 Å². The van der Waals surface area contributed by atoms with Gasteiger partial charge in [-0.2, -0.15) is 5.10 Å². The number of aromatic nitrogens is 2. The van der Waals surface area contributed by atoms with Gasteiger partial charge in [0, 0.05) is 25.8 Å². The minimum atomic E-state index is -0.826. The number of nitrogens with zero attached hydrogens (tertiary/aromatic N) is 3. The molecule has 21 heavy (non-hydrogen) atoms. The van der Waals surface area contributed by atoms with E-state index in [4.69, 9.17) is 5.11 Å². The molecule has 0 aromatic carbocycles. The zero-order valence-electron chi connectivity index (χ0n) is 12.9. The van der Waals surface area contributed by atoms with Crippen LogP contribution in [-0.2, 0) is 11.3 Å². The van der Waals surface area contributed by atoms with Gasteiger partial charge in [0.2, 0.25) is 0 Å². The minimum absolute atomic E-state index is 0.0121. The summed E-state index contributed by atoms with van der Waals surface area (Å²) >= 11 is 0. The number of carbonyl (C=O) groups excluding carboxylic acids is 1. The molecule has 2 heterocycles. The number of aliphatic carboxylic acids is 1. The van der Waals surface area contributed by atoms with Gasteiger partial charge in [-0.25, -0.2) is 0 Å². The number of amides is 1. The second-order valence-electron chi connectivity index (χ2n) is 5.88. The molecule has 2 rings (SSSR count). The second kappa shape index (κ2) is 6.28. The maximum atomic E-state index is 12.5. The molecule has 116 valence electrons. The molecule has 0 spiro atoms. The molecule has 1 saturated heterocycles. The summed E-state index contributed by atoms with van der Waals surface area (Å²) in [6.45, 7) is 7.40. The van der Waals surface area contributed by atoms with Gasteiger partial charge in [-0.3, -0.25) is 14.3 Å². The quantitative estimate of drug-likeness (QED) is 0.898. The second-order valence-corrected chi connectivity index (χ2v) is 5.88. The molecule has 0 saturated carbocycles. The molecule has 1 amide bonds. The zero-order chi connectivity index (χ0) is 15.6. The lowest BCUT2D eigenvalue weighted by Gasteiger charge is -2.15. The zero-order valence-corrected chi connectivity index (χ0v) is 12.9. The van der Waals surface area contributed by atoms with Crippen LogP contribution in [0.25, 0.3) is 0 Å². The molecular formula is C15H23N3O3. The summed E-state index contributed by atoms with van der Waals surface area (Å²) in [5.74, 6) is -1.41. The summed E-state index contributed by atoms with van der Waals surface area (Å²) in [5, 5.41) is 13.5. The van der Waals surface area contributed by atoms with Crippen molar-refractivity contribution in [2.24, 2.45) is 11.8 Å². The monoisotopic (exact) mass is 293 g/mol. The molecule has 6 nitrogen and oxygen atoms in total. The van der Waals surface area contributed by atoms with Gasteiger partial charge in [0.25, 0.3) is 5.91 Å². The molecular weight excluding hydrogens is 270 g/mol. The number of carboxylic acid groups (broad SMARTS) is 1. The molecule has 1 aromatic rings. The number of carboxylic acids is 1. The van der Waals surface area contributed by atoms with Crippen molar-refractivity contribution in [1.82, 2.24) is 14.7 Å². The van der Waals surface area contributed by atoms with Crippen molar-refractivity contribution in [2.75, 3.05) is 13.1 Å². The molecule has 0 bridgehead atoms. The predicted molar refractivity (Wildman–Crippen MR) is 78.1 cm³/mol. The summed E-state index contributed by atoms with van der Waals surface area (Å²) < 4.78 is 1.81. The van der Waals surface area contributed by atoms with Crippen LogP contribution in [0.15, 0.2) is 6.20 Å². The first-order chi connectivity index (χ1) is 9.93. The van der Waals surface area contributed by atoms with Crippen molar-refractivity contribution >= 4 is 11.9 Å². The highest BCUT2D eigenvalue weighted by Gasteiger charge is 2.37. The van der Waals surface area contributed by atoms with Crippen molar-refractivity contribution in [1.29, 1.82) is 0 Å². The van der Waals surface area contributed by atoms with Gasteiger partial charge < -0.3 is 10.0 Å². The Morgan fingerprint density at radius 2 is 2.14 bits per heavy atom. The lowest BCUT2D eigenvalue weighted by Crippen LogP contribution is -2.30. The fourth-order valence-electron chi connectivity index (χ4n) is 2.79. The van der Waals surface area contributed by atoms with E-state index in [0.717, 1.165) is 19.4 Å².